The maximum atomic E-state index is 13.7. The van der Waals surface area contributed by atoms with E-state index in [4.69, 9.17) is 0 Å². The first-order valence-electron chi connectivity index (χ1n) is 14.3. The number of aryl methyl sites for hydroxylation is 1. The van der Waals surface area contributed by atoms with Gasteiger partial charge in [0.2, 0.25) is 0 Å². The molecule has 0 spiro atoms. The van der Waals surface area contributed by atoms with Crippen LogP contribution in [0.15, 0.2) is 91.1 Å². The Morgan fingerprint density at radius 3 is 2.00 bits per heavy atom. The van der Waals surface area contributed by atoms with Crippen LogP contribution < -0.4 is 4.90 Å². The molecule has 0 aliphatic carbocycles. The molecule has 200 valence electrons. The van der Waals surface area contributed by atoms with Crippen molar-refractivity contribution in [1.29, 1.82) is 0 Å². The van der Waals surface area contributed by atoms with Gasteiger partial charge in [-0.1, -0.05) is 54.6 Å². The number of piperidine rings is 2. The highest BCUT2D eigenvalue weighted by molar-refractivity contribution is 6.07. The van der Waals surface area contributed by atoms with Crippen LogP contribution >= 0.6 is 0 Å². The van der Waals surface area contributed by atoms with Crippen LogP contribution in [0.1, 0.15) is 48.5 Å². The number of hydrogen-bond donors (Lipinski definition) is 0. The first-order chi connectivity index (χ1) is 19.0. The van der Waals surface area contributed by atoms with Gasteiger partial charge in [-0.3, -0.25) is 14.7 Å². The van der Waals surface area contributed by atoms with Gasteiger partial charge in [0, 0.05) is 60.7 Å². The smallest absolute Gasteiger partial charge is 0.254 e. The SMILES string of the molecule is Cc1cnc2ccccc2c1C(=O)N1CCC(C)(N2CCC(N(c3ccccc3)c3ccccc3)CC2)CC1. The van der Waals surface area contributed by atoms with Crippen molar-refractivity contribution in [3.05, 3.63) is 102 Å². The van der Waals surface area contributed by atoms with Crippen LogP contribution in [0, 0.1) is 6.92 Å². The van der Waals surface area contributed by atoms with Crippen molar-refractivity contribution in [2.75, 3.05) is 31.1 Å². The topological polar surface area (TPSA) is 39.7 Å². The zero-order valence-corrected chi connectivity index (χ0v) is 23.1. The van der Waals surface area contributed by atoms with E-state index in [0.29, 0.717) is 6.04 Å². The Balaban J connectivity index is 1.12. The van der Waals surface area contributed by atoms with Crippen molar-refractivity contribution >= 4 is 28.2 Å². The van der Waals surface area contributed by atoms with Gasteiger partial charge in [-0.2, -0.15) is 0 Å². The van der Waals surface area contributed by atoms with E-state index in [1.807, 2.05) is 37.4 Å². The number of anilines is 2. The number of aromatic nitrogens is 1. The third-order valence-electron chi connectivity index (χ3n) is 8.97. The highest BCUT2D eigenvalue weighted by Crippen LogP contribution is 2.36. The van der Waals surface area contributed by atoms with Crippen molar-refractivity contribution in [2.45, 2.75) is 51.1 Å². The van der Waals surface area contributed by atoms with E-state index < -0.39 is 0 Å². The van der Waals surface area contributed by atoms with E-state index in [-0.39, 0.29) is 11.4 Å². The molecule has 2 aliphatic rings. The molecule has 4 aromatic rings. The molecule has 1 amide bonds. The minimum absolute atomic E-state index is 0.126. The number of nitrogens with zero attached hydrogens (tertiary/aromatic N) is 4. The van der Waals surface area contributed by atoms with Crippen molar-refractivity contribution in [3.63, 3.8) is 0 Å². The zero-order valence-electron chi connectivity index (χ0n) is 23.1. The van der Waals surface area contributed by atoms with Crippen LogP contribution in [0.25, 0.3) is 10.9 Å². The average molecular weight is 519 g/mol. The molecule has 2 saturated heterocycles. The summed E-state index contributed by atoms with van der Waals surface area (Å²) < 4.78 is 0. The second-order valence-corrected chi connectivity index (χ2v) is 11.4. The number of carbonyl (C=O) groups excluding carboxylic acids is 1. The molecule has 0 unspecified atom stereocenters. The molecular weight excluding hydrogens is 480 g/mol. The minimum atomic E-state index is 0.126. The largest absolute Gasteiger partial charge is 0.338 e. The Kier molecular flexibility index (Phi) is 7.09. The van der Waals surface area contributed by atoms with Crippen LogP contribution in [0.5, 0.6) is 0 Å². The Bertz CT molecular complexity index is 1380. The molecule has 3 heterocycles. The van der Waals surface area contributed by atoms with Gasteiger partial charge in [0.25, 0.3) is 5.91 Å². The summed E-state index contributed by atoms with van der Waals surface area (Å²) in [5, 5.41) is 0.958. The molecule has 1 aromatic heterocycles. The quantitative estimate of drug-likeness (QED) is 0.290. The molecule has 5 nitrogen and oxygen atoms in total. The lowest BCUT2D eigenvalue weighted by Crippen LogP contribution is -2.57. The van der Waals surface area contributed by atoms with Crippen molar-refractivity contribution < 1.29 is 4.79 Å². The predicted octanol–water partition coefficient (Wildman–Crippen LogP) is 6.84. The summed E-state index contributed by atoms with van der Waals surface area (Å²) in [7, 11) is 0. The van der Waals surface area contributed by atoms with Gasteiger partial charge in [-0.05, 0) is 75.4 Å². The molecule has 5 heteroatoms. The maximum Gasteiger partial charge on any atom is 0.254 e. The third kappa shape index (κ3) is 5.04. The number of pyridine rings is 1. The summed E-state index contributed by atoms with van der Waals surface area (Å²) in [6.45, 7) is 8.17. The lowest BCUT2D eigenvalue weighted by molar-refractivity contribution is 0.0177. The van der Waals surface area contributed by atoms with Gasteiger partial charge in [0.15, 0.2) is 0 Å². The third-order valence-corrected chi connectivity index (χ3v) is 8.97. The monoisotopic (exact) mass is 518 g/mol. The van der Waals surface area contributed by atoms with Crippen molar-refractivity contribution in [2.24, 2.45) is 0 Å². The number of benzene rings is 3. The number of amides is 1. The zero-order chi connectivity index (χ0) is 26.8. The first kappa shape index (κ1) is 25.6. The Hall–Kier alpha value is -3.70. The molecule has 6 rings (SSSR count). The number of hydrogen-bond acceptors (Lipinski definition) is 4. The number of rotatable bonds is 5. The van der Waals surface area contributed by atoms with Gasteiger partial charge >= 0.3 is 0 Å². The van der Waals surface area contributed by atoms with Crippen LogP contribution in [0.2, 0.25) is 0 Å². The fourth-order valence-corrected chi connectivity index (χ4v) is 6.60. The minimum Gasteiger partial charge on any atom is -0.338 e. The van der Waals surface area contributed by atoms with E-state index in [1.165, 1.54) is 11.4 Å². The summed E-state index contributed by atoms with van der Waals surface area (Å²) >= 11 is 0. The number of carbonyl (C=O) groups is 1. The van der Waals surface area contributed by atoms with E-state index in [0.717, 1.165) is 73.9 Å². The molecule has 0 saturated carbocycles. The van der Waals surface area contributed by atoms with E-state index >= 15 is 0 Å². The molecule has 2 fully saturated rings. The number of likely N-dealkylation sites (tertiary alicyclic amines) is 2. The molecule has 0 N–H and O–H groups in total. The van der Waals surface area contributed by atoms with Gasteiger partial charge in [0.05, 0.1) is 11.1 Å². The molecule has 0 bridgehead atoms. The van der Waals surface area contributed by atoms with Gasteiger partial charge in [0.1, 0.15) is 0 Å². The standard InChI is InChI=1S/C34H38N4O/c1-26-25-35-31-16-10-9-15-30(31)32(26)33(39)36-23-19-34(2,20-24-36)37-21-17-29(18-22-37)38(27-11-5-3-6-12-27)28-13-7-4-8-14-28/h3-16,25,29H,17-24H2,1-2H3. The lowest BCUT2D eigenvalue weighted by atomic mass is 9.85. The Morgan fingerprint density at radius 2 is 1.38 bits per heavy atom. The van der Waals surface area contributed by atoms with Crippen LogP contribution in [0.3, 0.4) is 0 Å². The van der Waals surface area contributed by atoms with Crippen molar-refractivity contribution in [3.8, 4) is 0 Å². The fourth-order valence-electron chi connectivity index (χ4n) is 6.60. The molecule has 2 aliphatic heterocycles. The molecule has 0 radical (unpaired) electrons. The van der Waals surface area contributed by atoms with E-state index in [1.54, 1.807) is 0 Å². The average Bonchev–Trinajstić information content (AvgIpc) is 2.99. The lowest BCUT2D eigenvalue weighted by Gasteiger charge is -2.50. The summed E-state index contributed by atoms with van der Waals surface area (Å²) in [4.78, 5) is 25.5. The van der Waals surface area contributed by atoms with Crippen LogP contribution in [-0.2, 0) is 0 Å². The normalized spacial score (nSPS) is 18.3. The maximum absolute atomic E-state index is 13.7. The van der Waals surface area contributed by atoms with Gasteiger partial charge in [-0.25, -0.2) is 0 Å². The first-order valence-corrected chi connectivity index (χ1v) is 14.3. The number of fused-ring (bicyclic) bond motifs is 1. The summed E-state index contributed by atoms with van der Waals surface area (Å²) in [5.74, 6) is 0.147. The molecule has 0 atom stereocenters. The molecule has 39 heavy (non-hydrogen) atoms. The summed E-state index contributed by atoms with van der Waals surface area (Å²) in [5.41, 5.74) is 5.30. The second kappa shape index (κ2) is 10.8. The van der Waals surface area contributed by atoms with E-state index in [2.05, 4.69) is 87.3 Å². The van der Waals surface area contributed by atoms with E-state index in [9.17, 15) is 4.79 Å². The highest BCUT2D eigenvalue weighted by Gasteiger charge is 2.39. The summed E-state index contributed by atoms with van der Waals surface area (Å²) in [6, 6.07) is 30.1. The van der Waals surface area contributed by atoms with Gasteiger partial charge in [-0.15, -0.1) is 0 Å². The van der Waals surface area contributed by atoms with Crippen LogP contribution in [0.4, 0.5) is 11.4 Å². The summed E-state index contributed by atoms with van der Waals surface area (Å²) in [6.07, 6.45) is 6.11. The fraction of sp³-hybridized carbons (Fsp3) is 0.353. The van der Waals surface area contributed by atoms with Crippen molar-refractivity contribution in [1.82, 2.24) is 14.8 Å². The Morgan fingerprint density at radius 1 is 0.821 bits per heavy atom. The predicted molar refractivity (Wildman–Crippen MR) is 160 cm³/mol. The van der Waals surface area contributed by atoms with Gasteiger partial charge < -0.3 is 9.80 Å². The second-order valence-electron chi connectivity index (χ2n) is 11.4. The Labute approximate surface area is 232 Å². The molecular formula is C34H38N4O. The number of para-hydroxylation sites is 3. The highest BCUT2D eigenvalue weighted by atomic mass is 16.2. The van der Waals surface area contributed by atoms with Crippen LogP contribution in [-0.4, -0.2) is 58.5 Å². The molecule has 3 aromatic carbocycles.